The lowest BCUT2D eigenvalue weighted by Crippen LogP contribution is -1.99. The van der Waals surface area contributed by atoms with Crippen molar-refractivity contribution in [2.75, 3.05) is 6.79 Å². The summed E-state index contributed by atoms with van der Waals surface area (Å²) in [6.07, 6.45) is 0. The maximum atomic E-state index is 8.60. The normalized spacial score (nSPS) is 10.3. The van der Waals surface area contributed by atoms with Crippen LogP contribution in [0.3, 0.4) is 0 Å². The Hall–Kier alpha value is -1.02. The molecule has 0 saturated carbocycles. The third-order valence-electron chi connectivity index (χ3n) is 1.76. The van der Waals surface area contributed by atoms with Crippen molar-refractivity contribution < 1.29 is 9.84 Å². The number of aliphatic hydroxyl groups excluding tert-OH is 1. The van der Waals surface area contributed by atoms with Crippen LogP contribution >= 0.6 is 0 Å². The molecule has 0 unspecified atom stereocenters. The van der Waals surface area contributed by atoms with Gasteiger partial charge in [-0.05, 0) is 17.5 Å². The summed E-state index contributed by atoms with van der Waals surface area (Å²) in [5.74, 6) is 1.20. The summed E-state index contributed by atoms with van der Waals surface area (Å²) in [5.41, 5.74) is 1.13. The molecule has 0 fully saturated rings. The van der Waals surface area contributed by atoms with E-state index in [1.54, 1.807) is 0 Å². The lowest BCUT2D eigenvalue weighted by molar-refractivity contribution is 0.0973. The molecule has 0 atom stereocenters. The van der Waals surface area contributed by atoms with Crippen molar-refractivity contribution in [1.29, 1.82) is 0 Å². The minimum absolute atomic E-state index is 0.260. The first-order valence-corrected chi connectivity index (χ1v) is 4.08. The van der Waals surface area contributed by atoms with Gasteiger partial charge in [-0.3, -0.25) is 0 Å². The van der Waals surface area contributed by atoms with Crippen LogP contribution < -0.4 is 4.74 Å². The van der Waals surface area contributed by atoms with E-state index in [-0.39, 0.29) is 6.79 Å². The molecule has 0 radical (unpaired) electrons. The van der Waals surface area contributed by atoms with Crippen LogP contribution in [0.1, 0.15) is 25.3 Å². The highest BCUT2D eigenvalue weighted by molar-refractivity contribution is 5.35. The minimum Gasteiger partial charge on any atom is -0.467 e. The predicted octanol–water partition coefficient (Wildman–Crippen LogP) is 2.14. The highest BCUT2D eigenvalue weighted by Crippen LogP contribution is 2.25. The summed E-state index contributed by atoms with van der Waals surface area (Å²) in [5, 5.41) is 8.60. The van der Waals surface area contributed by atoms with Crippen LogP contribution in [0.15, 0.2) is 24.3 Å². The molecule has 12 heavy (non-hydrogen) atoms. The first kappa shape index (κ1) is 9.07. The number of hydrogen-bond acceptors (Lipinski definition) is 2. The van der Waals surface area contributed by atoms with Crippen molar-refractivity contribution in [3.05, 3.63) is 29.8 Å². The smallest absolute Gasteiger partial charge is 0.186 e. The molecule has 0 amide bonds. The molecular formula is C10H14O2. The van der Waals surface area contributed by atoms with E-state index in [1.807, 2.05) is 24.3 Å². The van der Waals surface area contributed by atoms with E-state index in [4.69, 9.17) is 9.84 Å². The summed E-state index contributed by atoms with van der Waals surface area (Å²) in [6, 6.07) is 7.75. The van der Waals surface area contributed by atoms with Gasteiger partial charge >= 0.3 is 0 Å². The van der Waals surface area contributed by atoms with Gasteiger partial charge in [-0.1, -0.05) is 32.0 Å². The van der Waals surface area contributed by atoms with Gasteiger partial charge in [0, 0.05) is 0 Å². The quantitative estimate of drug-likeness (QED) is 0.697. The van der Waals surface area contributed by atoms with Crippen molar-refractivity contribution in [2.24, 2.45) is 0 Å². The Bertz CT molecular complexity index is 243. The molecule has 0 heterocycles. The van der Waals surface area contributed by atoms with Gasteiger partial charge in [0.05, 0.1) is 0 Å². The topological polar surface area (TPSA) is 29.5 Å². The van der Waals surface area contributed by atoms with Gasteiger partial charge in [0.2, 0.25) is 0 Å². The van der Waals surface area contributed by atoms with Gasteiger partial charge in [-0.25, -0.2) is 0 Å². The SMILES string of the molecule is CC(C)c1ccccc1OCO. The maximum absolute atomic E-state index is 8.60. The molecule has 0 aliphatic carbocycles. The molecular weight excluding hydrogens is 152 g/mol. The Balaban J connectivity index is 2.92. The number of benzene rings is 1. The Labute approximate surface area is 72.8 Å². The van der Waals surface area contributed by atoms with Crippen LogP contribution in [0.25, 0.3) is 0 Å². The van der Waals surface area contributed by atoms with Gasteiger partial charge in [-0.15, -0.1) is 0 Å². The van der Waals surface area contributed by atoms with E-state index in [9.17, 15) is 0 Å². The van der Waals surface area contributed by atoms with Crippen molar-refractivity contribution in [3.63, 3.8) is 0 Å². The predicted molar refractivity (Wildman–Crippen MR) is 48.2 cm³/mol. The van der Waals surface area contributed by atoms with Gasteiger partial charge in [0.1, 0.15) is 5.75 Å². The van der Waals surface area contributed by atoms with E-state index >= 15 is 0 Å². The van der Waals surface area contributed by atoms with E-state index in [0.29, 0.717) is 5.92 Å². The van der Waals surface area contributed by atoms with Crippen molar-refractivity contribution in [2.45, 2.75) is 19.8 Å². The van der Waals surface area contributed by atoms with E-state index in [1.165, 1.54) is 0 Å². The minimum atomic E-state index is -0.260. The largest absolute Gasteiger partial charge is 0.467 e. The molecule has 0 bridgehead atoms. The molecule has 1 aromatic rings. The summed E-state index contributed by atoms with van der Waals surface area (Å²) < 4.78 is 5.05. The first-order valence-electron chi connectivity index (χ1n) is 4.08. The number of para-hydroxylation sites is 1. The van der Waals surface area contributed by atoms with E-state index in [2.05, 4.69) is 13.8 Å². The fourth-order valence-corrected chi connectivity index (χ4v) is 1.16. The molecule has 2 nitrogen and oxygen atoms in total. The number of rotatable bonds is 3. The molecule has 2 heteroatoms. The van der Waals surface area contributed by atoms with Gasteiger partial charge in [-0.2, -0.15) is 0 Å². The lowest BCUT2D eigenvalue weighted by Gasteiger charge is -2.11. The monoisotopic (exact) mass is 166 g/mol. The molecule has 66 valence electrons. The van der Waals surface area contributed by atoms with Crippen LogP contribution in [-0.4, -0.2) is 11.9 Å². The molecule has 1 rings (SSSR count). The van der Waals surface area contributed by atoms with Crippen LogP contribution in [0, 0.1) is 0 Å². The zero-order valence-electron chi connectivity index (χ0n) is 7.45. The zero-order valence-corrected chi connectivity index (χ0v) is 7.45. The molecule has 0 saturated heterocycles. The number of aliphatic hydroxyl groups is 1. The maximum Gasteiger partial charge on any atom is 0.186 e. The highest BCUT2D eigenvalue weighted by atomic mass is 16.6. The van der Waals surface area contributed by atoms with Gasteiger partial charge < -0.3 is 9.84 Å². The lowest BCUT2D eigenvalue weighted by atomic mass is 10.0. The van der Waals surface area contributed by atoms with E-state index in [0.717, 1.165) is 11.3 Å². The summed E-state index contributed by atoms with van der Waals surface area (Å²) in [4.78, 5) is 0. The Morgan fingerprint density at radius 1 is 1.33 bits per heavy atom. The Morgan fingerprint density at radius 3 is 2.58 bits per heavy atom. The van der Waals surface area contributed by atoms with Crippen LogP contribution in [0.2, 0.25) is 0 Å². The molecule has 0 aliphatic rings. The molecule has 1 N–H and O–H groups in total. The second kappa shape index (κ2) is 4.12. The fourth-order valence-electron chi connectivity index (χ4n) is 1.16. The zero-order chi connectivity index (χ0) is 8.97. The number of ether oxygens (including phenoxy) is 1. The molecule has 1 aromatic carbocycles. The second-order valence-electron chi connectivity index (χ2n) is 2.97. The Morgan fingerprint density at radius 2 is 2.00 bits per heavy atom. The Kier molecular flexibility index (Phi) is 3.11. The average molecular weight is 166 g/mol. The van der Waals surface area contributed by atoms with Gasteiger partial charge in [0.25, 0.3) is 0 Å². The van der Waals surface area contributed by atoms with E-state index < -0.39 is 0 Å². The summed E-state index contributed by atoms with van der Waals surface area (Å²) in [7, 11) is 0. The van der Waals surface area contributed by atoms with Crippen LogP contribution in [0.5, 0.6) is 5.75 Å². The molecule has 0 aromatic heterocycles. The highest BCUT2D eigenvalue weighted by Gasteiger charge is 2.05. The third-order valence-corrected chi connectivity index (χ3v) is 1.76. The molecule has 0 spiro atoms. The fraction of sp³-hybridized carbons (Fsp3) is 0.400. The molecule has 0 aliphatic heterocycles. The average Bonchev–Trinajstić information content (AvgIpc) is 2.05. The third kappa shape index (κ3) is 1.98. The standard InChI is InChI=1S/C10H14O2/c1-8(2)9-5-3-4-6-10(9)12-7-11/h3-6,8,11H,7H2,1-2H3. The van der Waals surface area contributed by atoms with Crippen molar-refractivity contribution >= 4 is 0 Å². The second-order valence-corrected chi connectivity index (χ2v) is 2.97. The van der Waals surface area contributed by atoms with Crippen molar-refractivity contribution in [1.82, 2.24) is 0 Å². The summed E-state index contributed by atoms with van der Waals surface area (Å²) in [6.45, 7) is 3.93. The summed E-state index contributed by atoms with van der Waals surface area (Å²) >= 11 is 0. The van der Waals surface area contributed by atoms with Crippen LogP contribution in [0.4, 0.5) is 0 Å². The van der Waals surface area contributed by atoms with Crippen LogP contribution in [-0.2, 0) is 0 Å². The van der Waals surface area contributed by atoms with Gasteiger partial charge in [0.15, 0.2) is 6.79 Å². The van der Waals surface area contributed by atoms with Crippen molar-refractivity contribution in [3.8, 4) is 5.75 Å². The first-order chi connectivity index (χ1) is 5.75. The number of hydrogen-bond donors (Lipinski definition) is 1.